The van der Waals surface area contributed by atoms with Crippen LogP contribution in [0.1, 0.15) is 44.7 Å². The molecule has 0 bridgehead atoms. The number of hydrogen-bond acceptors (Lipinski definition) is 2. The first-order chi connectivity index (χ1) is 10.6. The summed E-state index contributed by atoms with van der Waals surface area (Å²) in [6, 6.07) is 9.45. The molecule has 0 N–H and O–H groups in total. The largest absolute Gasteiger partial charge is 0.328 e. The fourth-order valence-corrected chi connectivity index (χ4v) is 3.58. The van der Waals surface area contributed by atoms with Gasteiger partial charge in [0.15, 0.2) is 0 Å². The maximum Gasteiger partial charge on any atom is 0.140 e. The van der Waals surface area contributed by atoms with E-state index in [1.54, 1.807) is 0 Å². The molecule has 0 aliphatic carbocycles. The van der Waals surface area contributed by atoms with Gasteiger partial charge in [0, 0.05) is 30.5 Å². The Kier molecular flexibility index (Phi) is 4.34. The van der Waals surface area contributed by atoms with Gasteiger partial charge in [0.25, 0.3) is 0 Å². The Hall–Kier alpha value is -1.61. The zero-order valence-electron chi connectivity index (χ0n) is 14.2. The molecule has 1 aromatic heterocycles. The first kappa shape index (κ1) is 15.3. The van der Waals surface area contributed by atoms with Crippen molar-refractivity contribution in [3.05, 3.63) is 42.2 Å². The van der Waals surface area contributed by atoms with Gasteiger partial charge >= 0.3 is 0 Å². The Morgan fingerprint density at radius 1 is 1.18 bits per heavy atom. The maximum absolute atomic E-state index is 4.64. The lowest BCUT2D eigenvalue weighted by Crippen LogP contribution is -2.37. The summed E-state index contributed by atoms with van der Waals surface area (Å²) in [5.74, 6) is 2.33. The fraction of sp³-hybridized carbons (Fsp3) is 0.526. The van der Waals surface area contributed by atoms with Gasteiger partial charge in [0.2, 0.25) is 0 Å². The van der Waals surface area contributed by atoms with Gasteiger partial charge in [-0.3, -0.25) is 0 Å². The molecule has 0 spiro atoms. The normalized spacial score (nSPS) is 23.1. The highest BCUT2D eigenvalue weighted by Gasteiger charge is 2.27. The number of hydrogen-bond donors (Lipinski definition) is 0. The first-order valence-corrected chi connectivity index (χ1v) is 8.38. The fourth-order valence-electron chi connectivity index (χ4n) is 3.58. The minimum atomic E-state index is 0.554. The van der Waals surface area contributed by atoms with Crippen LogP contribution in [0.25, 0.3) is 11.4 Å². The third kappa shape index (κ3) is 2.95. The van der Waals surface area contributed by atoms with Crippen LogP contribution in [-0.2, 0) is 0 Å². The molecular weight excluding hydrogens is 270 g/mol. The van der Waals surface area contributed by atoms with Crippen molar-refractivity contribution in [2.24, 2.45) is 5.92 Å². The van der Waals surface area contributed by atoms with E-state index in [4.69, 9.17) is 0 Å². The molecule has 1 aromatic carbocycles. The van der Waals surface area contributed by atoms with Crippen LogP contribution in [-0.4, -0.2) is 34.6 Å². The van der Waals surface area contributed by atoms with Crippen LogP contribution in [0.2, 0.25) is 0 Å². The van der Waals surface area contributed by atoms with Gasteiger partial charge in [0.05, 0.1) is 0 Å². The molecule has 1 fully saturated rings. The number of nitrogens with zero attached hydrogens (tertiary/aromatic N) is 3. The third-order valence-corrected chi connectivity index (χ3v) is 4.92. The Morgan fingerprint density at radius 3 is 2.55 bits per heavy atom. The topological polar surface area (TPSA) is 21.1 Å². The van der Waals surface area contributed by atoms with Crippen LogP contribution >= 0.6 is 0 Å². The predicted molar refractivity (Wildman–Crippen MR) is 92.1 cm³/mol. The molecule has 22 heavy (non-hydrogen) atoms. The van der Waals surface area contributed by atoms with E-state index in [-0.39, 0.29) is 0 Å². The molecule has 1 saturated heterocycles. The zero-order valence-corrected chi connectivity index (χ0v) is 14.2. The molecule has 0 saturated carbocycles. The van der Waals surface area contributed by atoms with E-state index in [1.165, 1.54) is 24.1 Å². The second kappa shape index (κ2) is 6.25. The summed E-state index contributed by atoms with van der Waals surface area (Å²) < 4.78 is 2.39. The summed E-state index contributed by atoms with van der Waals surface area (Å²) in [4.78, 5) is 7.06. The molecule has 1 aliphatic rings. The number of likely N-dealkylation sites (tertiary alicyclic amines) is 1. The van der Waals surface area contributed by atoms with E-state index >= 15 is 0 Å². The summed E-state index contributed by atoms with van der Waals surface area (Å²) >= 11 is 0. The molecule has 118 valence electrons. The van der Waals surface area contributed by atoms with E-state index in [2.05, 4.69) is 72.7 Å². The quantitative estimate of drug-likeness (QED) is 0.847. The molecule has 2 heterocycles. The molecular formula is C19H27N3. The Morgan fingerprint density at radius 2 is 1.91 bits per heavy atom. The van der Waals surface area contributed by atoms with Gasteiger partial charge in [-0.25, -0.2) is 4.98 Å². The van der Waals surface area contributed by atoms with Gasteiger partial charge in [-0.1, -0.05) is 45.0 Å². The van der Waals surface area contributed by atoms with Gasteiger partial charge in [-0.2, -0.15) is 0 Å². The Labute approximate surface area is 134 Å². The lowest BCUT2D eigenvalue weighted by atomic mass is 9.93. The molecule has 2 atom stereocenters. The molecule has 3 heteroatoms. The van der Waals surface area contributed by atoms with Crippen LogP contribution in [0.5, 0.6) is 0 Å². The number of imidazole rings is 1. The molecule has 0 amide bonds. The molecule has 1 aliphatic heterocycles. The monoisotopic (exact) mass is 297 g/mol. The van der Waals surface area contributed by atoms with Crippen molar-refractivity contribution in [1.82, 2.24) is 14.5 Å². The second-order valence-corrected chi connectivity index (χ2v) is 7.03. The summed E-state index contributed by atoms with van der Waals surface area (Å²) in [5, 5.41) is 0. The average Bonchev–Trinajstić information content (AvgIpc) is 2.96. The van der Waals surface area contributed by atoms with E-state index in [9.17, 15) is 0 Å². The highest BCUT2D eigenvalue weighted by molar-refractivity contribution is 5.56. The van der Waals surface area contributed by atoms with Crippen molar-refractivity contribution >= 4 is 0 Å². The van der Waals surface area contributed by atoms with E-state index in [0.717, 1.165) is 12.4 Å². The van der Waals surface area contributed by atoms with Crippen molar-refractivity contribution in [3.8, 4) is 11.4 Å². The minimum Gasteiger partial charge on any atom is -0.328 e. The van der Waals surface area contributed by atoms with Gasteiger partial charge in [-0.05, 0) is 37.4 Å². The first-order valence-electron chi connectivity index (χ1n) is 8.38. The third-order valence-electron chi connectivity index (χ3n) is 4.92. The zero-order chi connectivity index (χ0) is 15.7. The SMILES string of the molecule is CC(C)c1ccc(-c2nccn2[C@H]2CCN(C)C[C@@H]2C)cc1. The van der Waals surface area contributed by atoms with E-state index < -0.39 is 0 Å². The number of aromatic nitrogens is 2. The van der Waals surface area contributed by atoms with Crippen molar-refractivity contribution in [1.29, 1.82) is 0 Å². The molecule has 3 nitrogen and oxygen atoms in total. The van der Waals surface area contributed by atoms with E-state index in [1.807, 2.05) is 6.20 Å². The van der Waals surface area contributed by atoms with Crippen molar-refractivity contribution in [2.45, 2.75) is 39.2 Å². The standard InChI is InChI=1S/C19H27N3/c1-14(2)16-5-7-17(8-6-16)19-20-10-12-22(19)18-9-11-21(4)13-15(18)3/h5-8,10,12,14-15,18H,9,11,13H2,1-4H3/t15-,18-/m0/s1. The van der Waals surface area contributed by atoms with Crippen LogP contribution in [0.15, 0.2) is 36.7 Å². The number of rotatable bonds is 3. The van der Waals surface area contributed by atoms with Crippen molar-refractivity contribution in [2.75, 3.05) is 20.1 Å². The second-order valence-electron chi connectivity index (χ2n) is 7.03. The van der Waals surface area contributed by atoms with Crippen LogP contribution in [0, 0.1) is 5.92 Å². The lowest BCUT2D eigenvalue weighted by molar-refractivity contribution is 0.160. The Balaban J connectivity index is 1.88. The Bertz CT molecular complexity index is 612. The maximum atomic E-state index is 4.64. The van der Waals surface area contributed by atoms with Crippen molar-refractivity contribution < 1.29 is 0 Å². The summed E-state index contributed by atoms with van der Waals surface area (Å²) in [6.07, 6.45) is 5.29. The van der Waals surface area contributed by atoms with Crippen LogP contribution in [0.3, 0.4) is 0 Å². The molecule has 0 radical (unpaired) electrons. The van der Waals surface area contributed by atoms with Gasteiger partial charge in [-0.15, -0.1) is 0 Å². The predicted octanol–water partition coefficient (Wildman–Crippen LogP) is 4.19. The highest BCUT2D eigenvalue weighted by atomic mass is 15.2. The van der Waals surface area contributed by atoms with Gasteiger partial charge in [0.1, 0.15) is 5.82 Å². The smallest absolute Gasteiger partial charge is 0.140 e. The van der Waals surface area contributed by atoms with E-state index in [0.29, 0.717) is 17.9 Å². The van der Waals surface area contributed by atoms with Gasteiger partial charge < -0.3 is 9.47 Å². The number of benzene rings is 1. The molecule has 0 unspecified atom stereocenters. The van der Waals surface area contributed by atoms with Crippen molar-refractivity contribution in [3.63, 3.8) is 0 Å². The summed E-state index contributed by atoms with van der Waals surface area (Å²) in [6.45, 7) is 9.14. The highest BCUT2D eigenvalue weighted by Crippen LogP contribution is 2.31. The number of piperidine rings is 1. The molecule has 3 rings (SSSR count). The minimum absolute atomic E-state index is 0.554. The lowest BCUT2D eigenvalue weighted by Gasteiger charge is -2.36. The summed E-state index contributed by atoms with van der Waals surface area (Å²) in [7, 11) is 2.21. The summed E-state index contributed by atoms with van der Waals surface area (Å²) in [5.41, 5.74) is 2.61. The van der Waals surface area contributed by atoms with Crippen LogP contribution in [0.4, 0.5) is 0 Å². The average molecular weight is 297 g/mol. The van der Waals surface area contributed by atoms with Crippen LogP contribution < -0.4 is 0 Å². The molecule has 2 aromatic rings.